The van der Waals surface area contributed by atoms with E-state index in [-0.39, 0.29) is 0 Å². The lowest BCUT2D eigenvalue weighted by molar-refractivity contribution is 0.111. The summed E-state index contributed by atoms with van der Waals surface area (Å²) in [6.45, 7) is 4.90. The van der Waals surface area contributed by atoms with E-state index in [0.29, 0.717) is 16.6 Å². The number of benzene rings is 1. The number of rotatable bonds is 4. The number of carbonyl (C=O) groups excluding carboxylic acids is 1. The van der Waals surface area contributed by atoms with Gasteiger partial charge in [0.15, 0.2) is 12.0 Å². The minimum atomic E-state index is 0.359. The minimum absolute atomic E-state index is 0.359. The van der Waals surface area contributed by atoms with Crippen molar-refractivity contribution in [2.45, 2.75) is 20.4 Å². The zero-order chi connectivity index (χ0) is 13.1. The zero-order valence-electron chi connectivity index (χ0n) is 10.3. The lowest BCUT2D eigenvalue weighted by Crippen LogP contribution is -2.08. The Hall–Kier alpha value is -1.68. The maximum absolute atomic E-state index is 11.0. The molecule has 2 aromatic rings. The van der Waals surface area contributed by atoms with Crippen LogP contribution < -0.4 is 0 Å². The summed E-state index contributed by atoms with van der Waals surface area (Å²) < 4.78 is 1.76. The fraction of sp³-hybridized carbons (Fsp3) is 0.308. The highest BCUT2D eigenvalue weighted by molar-refractivity contribution is 6.30. The van der Waals surface area contributed by atoms with Crippen LogP contribution >= 0.6 is 11.6 Å². The molecule has 0 aliphatic rings. The predicted octanol–water partition coefficient (Wildman–Crippen LogP) is 3.07. The molecular weight excluding hydrogens is 250 g/mol. The van der Waals surface area contributed by atoms with E-state index in [2.05, 4.69) is 24.2 Å². The number of carbonyl (C=O) groups is 1. The first kappa shape index (κ1) is 12.8. The van der Waals surface area contributed by atoms with E-state index in [1.165, 1.54) is 0 Å². The summed E-state index contributed by atoms with van der Waals surface area (Å²) in [4.78, 5) is 11.0. The van der Waals surface area contributed by atoms with Crippen molar-refractivity contribution in [2.24, 2.45) is 5.92 Å². The van der Waals surface area contributed by atoms with Gasteiger partial charge in [-0.3, -0.25) is 4.79 Å². The molecule has 0 bridgehead atoms. The van der Waals surface area contributed by atoms with Gasteiger partial charge < -0.3 is 0 Å². The molecule has 2 rings (SSSR count). The van der Waals surface area contributed by atoms with Crippen molar-refractivity contribution in [3.63, 3.8) is 0 Å². The monoisotopic (exact) mass is 263 g/mol. The first-order valence-corrected chi connectivity index (χ1v) is 6.14. The lowest BCUT2D eigenvalue weighted by atomic mass is 10.1. The quantitative estimate of drug-likeness (QED) is 0.797. The molecule has 5 heteroatoms. The molecule has 0 aliphatic carbocycles. The molecule has 94 valence electrons. The van der Waals surface area contributed by atoms with Crippen LogP contribution in [0.2, 0.25) is 5.02 Å². The maximum atomic E-state index is 11.0. The molecule has 1 aromatic heterocycles. The van der Waals surface area contributed by atoms with E-state index >= 15 is 0 Å². The third-order valence-electron chi connectivity index (χ3n) is 2.53. The van der Waals surface area contributed by atoms with Crippen molar-refractivity contribution in [2.75, 3.05) is 0 Å². The van der Waals surface area contributed by atoms with Crippen molar-refractivity contribution >= 4 is 17.9 Å². The molecule has 0 aliphatic heterocycles. The van der Waals surface area contributed by atoms with Gasteiger partial charge in [-0.2, -0.15) is 0 Å². The fourth-order valence-electron chi connectivity index (χ4n) is 1.78. The summed E-state index contributed by atoms with van der Waals surface area (Å²) in [5.74, 6) is 0.428. The van der Waals surface area contributed by atoms with Gasteiger partial charge in [-0.1, -0.05) is 42.8 Å². The van der Waals surface area contributed by atoms with Crippen molar-refractivity contribution in [1.82, 2.24) is 15.0 Å². The molecule has 0 saturated carbocycles. The number of halogens is 1. The van der Waals surface area contributed by atoms with Crippen LogP contribution in [0.15, 0.2) is 24.3 Å². The maximum Gasteiger partial charge on any atom is 0.172 e. The largest absolute Gasteiger partial charge is 0.296 e. The van der Waals surface area contributed by atoms with Gasteiger partial charge in [0.05, 0.1) is 5.69 Å². The van der Waals surface area contributed by atoms with Crippen LogP contribution in [0.4, 0.5) is 0 Å². The van der Waals surface area contributed by atoms with Crippen LogP contribution in [0.5, 0.6) is 0 Å². The van der Waals surface area contributed by atoms with Gasteiger partial charge in [-0.15, -0.1) is 5.10 Å². The molecule has 0 spiro atoms. The average molecular weight is 264 g/mol. The Morgan fingerprint density at radius 2 is 2.00 bits per heavy atom. The lowest BCUT2D eigenvalue weighted by Gasteiger charge is -2.09. The Bertz CT molecular complexity index is 546. The number of aldehydes is 1. The topological polar surface area (TPSA) is 47.8 Å². The molecule has 0 atom stereocenters. The van der Waals surface area contributed by atoms with Gasteiger partial charge in [0, 0.05) is 17.1 Å². The Morgan fingerprint density at radius 1 is 1.33 bits per heavy atom. The summed E-state index contributed by atoms with van der Waals surface area (Å²) in [7, 11) is 0. The average Bonchev–Trinajstić information content (AvgIpc) is 2.72. The molecule has 0 N–H and O–H groups in total. The van der Waals surface area contributed by atoms with Crippen LogP contribution in [-0.2, 0) is 6.54 Å². The van der Waals surface area contributed by atoms with Crippen LogP contribution in [0.3, 0.4) is 0 Å². The number of hydrogen-bond acceptors (Lipinski definition) is 3. The summed E-state index contributed by atoms with van der Waals surface area (Å²) in [5.41, 5.74) is 2.00. The third kappa shape index (κ3) is 2.59. The third-order valence-corrected chi connectivity index (χ3v) is 2.78. The van der Waals surface area contributed by atoms with Crippen molar-refractivity contribution in [1.29, 1.82) is 0 Å². The molecule has 0 amide bonds. The molecule has 0 saturated heterocycles. The number of aromatic nitrogens is 3. The smallest absolute Gasteiger partial charge is 0.172 e. The summed E-state index contributed by atoms with van der Waals surface area (Å²) in [5, 5.41) is 8.59. The second kappa shape index (κ2) is 5.31. The van der Waals surface area contributed by atoms with E-state index in [1.807, 2.05) is 12.1 Å². The molecule has 1 aromatic carbocycles. The Kier molecular flexibility index (Phi) is 3.77. The van der Waals surface area contributed by atoms with E-state index in [4.69, 9.17) is 11.6 Å². The van der Waals surface area contributed by atoms with Gasteiger partial charge in [-0.05, 0) is 18.1 Å². The fourth-order valence-corrected chi connectivity index (χ4v) is 1.91. The first-order valence-electron chi connectivity index (χ1n) is 5.76. The molecule has 0 radical (unpaired) electrons. The molecule has 0 fully saturated rings. The molecule has 0 unspecified atom stereocenters. The van der Waals surface area contributed by atoms with Crippen molar-refractivity contribution < 1.29 is 4.79 Å². The Balaban J connectivity index is 2.49. The normalized spacial score (nSPS) is 10.9. The Morgan fingerprint density at radius 3 is 2.56 bits per heavy atom. The van der Waals surface area contributed by atoms with Crippen molar-refractivity contribution in [3.8, 4) is 11.3 Å². The second-order valence-corrected chi connectivity index (χ2v) is 4.96. The summed E-state index contributed by atoms with van der Waals surface area (Å²) in [6, 6.07) is 7.31. The highest BCUT2D eigenvalue weighted by Gasteiger charge is 2.15. The molecule has 18 heavy (non-hydrogen) atoms. The van der Waals surface area contributed by atoms with Crippen LogP contribution in [0, 0.1) is 5.92 Å². The van der Waals surface area contributed by atoms with E-state index in [0.717, 1.165) is 24.1 Å². The van der Waals surface area contributed by atoms with Crippen molar-refractivity contribution in [3.05, 3.63) is 35.0 Å². The zero-order valence-corrected chi connectivity index (χ0v) is 11.1. The summed E-state index contributed by atoms with van der Waals surface area (Å²) >= 11 is 5.86. The first-order chi connectivity index (χ1) is 8.61. The van der Waals surface area contributed by atoms with Gasteiger partial charge in [0.1, 0.15) is 0 Å². The van der Waals surface area contributed by atoms with Crippen LogP contribution in [0.1, 0.15) is 24.3 Å². The number of hydrogen-bond donors (Lipinski definition) is 0. The van der Waals surface area contributed by atoms with Crippen LogP contribution in [0.25, 0.3) is 11.3 Å². The van der Waals surface area contributed by atoms with Gasteiger partial charge >= 0.3 is 0 Å². The van der Waals surface area contributed by atoms with E-state index < -0.39 is 0 Å². The minimum Gasteiger partial charge on any atom is -0.296 e. The SMILES string of the molecule is CC(C)Cn1nnc(C=O)c1-c1ccc(Cl)cc1. The Labute approximate surface area is 111 Å². The standard InChI is InChI=1S/C13H14ClN3O/c1-9(2)7-17-13(12(8-18)15-16-17)10-3-5-11(14)6-4-10/h3-6,8-9H,7H2,1-2H3. The van der Waals surface area contributed by atoms with Gasteiger partial charge in [0.25, 0.3) is 0 Å². The molecular formula is C13H14ClN3O. The number of nitrogens with zero attached hydrogens (tertiary/aromatic N) is 3. The predicted molar refractivity (Wildman–Crippen MR) is 70.7 cm³/mol. The highest BCUT2D eigenvalue weighted by Crippen LogP contribution is 2.23. The summed E-state index contributed by atoms with van der Waals surface area (Å²) in [6.07, 6.45) is 0.730. The van der Waals surface area contributed by atoms with Crippen LogP contribution in [-0.4, -0.2) is 21.3 Å². The molecule has 4 nitrogen and oxygen atoms in total. The van der Waals surface area contributed by atoms with Gasteiger partial charge in [-0.25, -0.2) is 4.68 Å². The second-order valence-electron chi connectivity index (χ2n) is 4.52. The van der Waals surface area contributed by atoms with E-state index in [9.17, 15) is 4.79 Å². The van der Waals surface area contributed by atoms with Gasteiger partial charge in [0.2, 0.25) is 0 Å². The molecule has 1 heterocycles. The highest BCUT2D eigenvalue weighted by atomic mass is 35.5. The van der Waals surface area contributed by atoms with E-state index in [1.54, 1.807) is 16.8 Å².